The molecular weight excluding hydrogens is 136 g/mol. The number of allylic oxidation sites excluding steroid dienone is 6. The van der Waals surface area contributed by atoms with E-state index in [4.69, 9.17) is 5.11 Å². The summed E-state index contributed by atoms with van der Waals surface area (Å²) < 4.78 is 0. The Labute approximate surface area is 68.7 Å². The second kappa shape index (κ2) is 5.78. The van der Waals surface area contributed by atoms with Crippen LogP contribution < -0.4 is 0 Å². The third-order valence-electron chi connectivity index (χ3n) is 1.39. The maximum Gasteiger partial charge on any atom is 0.0891 e. The Bertz CT molecular complexity index is 181. The van der Waals surface area contributed by atoms with Gasteiger partial charge in [-0.05, 0) is 26.3 Å². The summed E-state index contributed by atoms with van der Waals surface area (Å²) in [6.07, 6.45) is 8.54. The number of rotatable bonds is 3. The fraction of sp³-hybridized carbons (Fsp3) is 0.400. The van der Waals surface area contributed by atoms with E-state index >= 15 is 0 Å². The highest BCUT2D eigenvalue weighted by molar-refractivity contribution is 5.15. The first-order valence-corrected chi connectivity index (χ1v) is 3.86. The van der Waals surface area contributed by atoms with Crippen LogP contribution in [-0.2, 0) is 0 Å². The molecule has 0 fully saturated rings. The van der Waals surface area contributed by atoms with Gasteiger partial charge in [0.15, 0.2) is 0 Å². The summed E-state index contributed by atoms with van der Waals surface area (Å²) in [5, 5.41) is 8.76. The van der Waals surface area contributed by atoms with Gasteiger partial charge in [-0.3, -0.25) is 0 Å². The molecule has 0 spiro atoms. The van der Waals surface area contributed by atoms with Crippen molar-refractivity contribution >= 4 is 0 Å². The molecule has 1 nitrogen and oxygen atoms in total. The number of hydrogen-bond acceptors (Lipinski definition) is 1. The molecule has 0 saturated heterocycles. The molecule has 11 heavy (non-hydrogen) atoms. The van der Waals surface area contributed by atoms with Crippen LogP contribution in [0.25, 0.3) is 0 Å². The molecule has 0 rings (SSSR count). The van der Waals surface area contributed by atoms with Crippen molar-refractivity contribution in [2.75, 3.05) is 0 Å². The van der Waals surface area contributed by atoms with E-state index in [-0.39, 0.29) is 0 Å². The van der Waals surface area contributed by atoms with Crippen LogP contribution in [0.3, 0.4) is 0 Å². The van der Waals surface area contributed by atoms with Crippen LogP contribution in [-0.4, -0.2) is 5.11 Å². The molecule has 0 aliphatic heterocycles. The van der Waals surface area contributed by atoms with Crippen molar-refractivity contribution in [3.8, 4) is 0 Å². The SMILES string of the molecule is CC/C(C)=C/C=C\C=C(/C)O. The van der Waals surface area contributed by atoms with E-state index in [0.717, 1.165) is 6.42 Å². The van der Waals surface area contributed by atoms with E-state index in [1.54, 1.807) is 13.0 Å². The van der Waals surface area contributed by atoms with Gasteiger partial charge in [0.2, 0.25) is 0 Å². The Balaban J connectivity index is 3.87. The van der Waals surface area contributed by atoms with Crippen LogP contribution in [0.1, 0.15) is 27.2 Å². The Morgan fingerprint density at radius 1 is 1.18 bits per heavy atom. The first-order valence-electron chi connectivity index (χ1n) is 3.86. The van der Waals surface area contributed by atoms with Gasteiger partial charge in [0, 0.05) is 0 Å². The first-order chi connectivity index (χ1) is 5.16. The summed E-state index contributed by atoms with van der Waals surface area (Å²) in [4.78, 5) is 0. The molecule has 1 heteroatoms. The van der Waals surface area contributed by atoms with Gasteiger partial charge in [0.1, 0.15) is 0 Å². The van der Waals surface area contributed by atoms with Crippen molar-refractivity contribution < 1.29 is 5.11 Å². The van der Waals surface area contributed by atoms with Crippen molar-refractivity contribution in [1.29, 1.82) is 0 Å². The van der Waals surface area contributed by atoms with E-state index < -0.39 is 0 Å². The van der Waals surface area contributed by atoms with Crippen molar-refractivity contribution in [2.45, 2.75) is 27.2 Å². The second-order valence-electron chi connectivity index (χ2n) is 2.56. The van der Waals surface area contributed by atoms with Crippen molar-refractivity contribution in [1.82, 2.24) is 0 Å². The average molecular weight is 152 g/mol. The maximum absolute atomic E-state index is 8.76. The van der Waals surface area contributed by atoms with Crippen LogP contribution in [0.4, 0.5) is 0 Å². The van der Waals surface area contributed by atoms with Gasteiger partial charge in [-0.1, -0.05) is 30.7 Å². The minimum Gasteiger partial charge on any atom is -0.513 e. The summed E-state index contributed by atoms with van der Waals surface area (Å²) in [6, 6.07) is 0. The van der Waals surface area contributed by atoms with E-state index in [9.17, 15) is 0 Å². The first kappa shape index (κ1) is 10.0. The lowest BCUT2D eigenvalue weighted by Crippen LogP contribution is -1.68. The zero-order valence-corrected chi connectivity index (χ0v) is 7.46. The van der Waals surface area contributed by atoms with Gasteiger partial charge in [0.25, 0.3) is 0 Å². The Kier molecular flexibility index (Phi) is 5.26. The molecule has 62 valence electrons. The van der Waals surface area contributed by atoms with Gasteiger partial charge >= 0.3 is 0 Å². The smallest absolute Gasteiger partial charge is 0.0891 e. The lowest BCUT2D eigenvalue weighted by molar-refractivity contribution is 0.414. The molecule has 0 aliphatic rings. The summed E-state index contributed by atoms with van der Waals surface area (Å²) >= 11 is 0. The Morgan fingerprint density at radius 3 is 2.18 bits per heavy atom. The van der Waals surface area contributed by atoms with Gasteiger partial charge < -0.3 is 5.11 Å². The molecule has 0 atom stereocenters. The number of aliphatic hydroxyl groups is 1. The average Bonchev–Trinajstić information content (AvgIpc) is 1.97. The molecular formula is C10H16O. The Morgan fingerprint density at radius 2 is 1.73 bits per heavy atom. The summed E-state index contributed by atoms with van der Waals surface area (Å²) in [6.45, 7) is 5.85. The predicted octanol–water partition coefficient (Wildman–Crippen LogP) is 3.36. The number of hydrogen-bond donors (Lipinski definition) is 1. The summed E-state index contributed by atoms with van der Waals surface area (Å²) in [5.41, 5.74) is 1.34. The monoisotopic (exact) mass is 152 g/mol. The maximum atomic E-state index is 8.76. The van der Waals surface area contributed by atoms with Crippen molar-refractivity contribution in [2.24, 2.45) is 0 Å². The van der Waals surface area contributed by atoms with E-state index in [1.807, 2.05) is 18.2 Å². The third-order valence-corrected chi connectivity index (χ3v) is 1.39. The highest BCUT2D eigenvalue weighted by Gasteiger charge is 1.77. The lowest BCUT2D eigenvalue weighted by atomic mass is 10.2. The molecule has 0 radical (unpaired) electrons. The van der Waals surface area contributed by atoms with Crippen molar-refractivity contribution in [3.05, 3.63) is 35.6 Å². The summed E-state index contributed by atoms with van der Waals surface area (Å²) in [5.74, 6) is 0.337. The normalized spacial score (nSPS) is 14.5. The van der Waals surface area contributed by atoms with E-state index in [2.05, 4.69) is 13.8 Å². The van der Waals surface area contributed by atoms with Crippen molar-refractivity contribution in [3.63, 3.8) is 0 Å². The largest absolute Gasteiger partial charge is 0.513 e. The highest BCUT2D eigenvalue weighted by atomic mass is 16.3. The fourth-order valence-corrected chi connectivity index (χ4v) is 0.532. The number of aliphatic hydroxyl groups excluding tert-OH is 1. The molecule has 0 aromatic heterocycles. The molecule has 0 unspecified atom stereocenters. The highest BCUT2D eigenvalue weighted by Crippen LogP contribution is 1.97. The van der Waals surface area contributed by atoms with E-state index in [0.29, 0.717) is 5.76 Å². The zero-order chi connectivity index (χ0) is 8.69. The zero-order valence-electron chi connectivity index (χ0n) is 7.46. The van der Waals surface area contributed by atoms with Crippen LogP contribution in [0.15, 0.2) is 35.6 Å². The lowest BCUT2D eigenvalue weighted by Gasteiger charge is -1.88. The summed E-state index contributed by atoms with van der Waals surface area (Å²) in [7, 11) is 0. The van der Waals surface area contributed by atoms with Gasteiger partial charge in [0.05, 0.1) is 5.76 Å². The second-order valence-corrected chi connectivity index (χ2v) is 2.56. The molecule has 0 heterocycles. The molecule has 0 aromatic carbocycles. The third kappa shape index (κ3) is 6.91. The van der Waals surface area contributed by atoms with Gasteiger partial charge in [-0.15, -0.1) is 0 Å². The molecule has 0 aromatic rings. The molecule has 0 amide bonds. The molecule has 0 aliphatic carbocycles. The minimum atomic E-state index is 0.337. The van der Waals surface area contributed by atoms with Crippen LogP contribution in [0.2, 0.25) is 0 Å². The topological polar surface area (TPSA) is 20.2 Å². The van der Waals surface area contributed by atoms with E-state index in [1.165, 1.54) is 5.57 Å². The predicted molar refractivity (Wildman–Crippen MR) is 49.6 cm³/mol. The van der Waals surface area contributed by atoms with Gasteiger partial charge in [-0.2, -0.15) is 0 Å². The van der Waals surface area contributed by atoms with Gasteiger partial charge in [-0.25, -0.2) is 0 Å². The molecule has 0 saturated carbocycles. The Hall–Kier alpha value is -0.980. The standard InChI is InChI=1S/C10H16O/c1-4-9(2)7-5-6-8-10(3)11/h5-8,11H,4H2,1-3H3/b6-5-,9-7+,10-8+. The van der Waals surface area contributed by atoms with Crippen LogP contribution in [0.5, 0.6) is 0 Å². The van der Waals surface area contributed by atoms with Crippen LogP contribution >= 0.6 is 0 Å². The minimum absolute atomic E-state index is 0.337. The fourth-order valence-electron chi connectivity index (χ4n) is 0.532. The quantitative estimate of drug-likeness (QED) is 0.485. The molecule has 0 bridgehead atoms. The van der Waals surface area contributed by atoms with Crippen LogP contribution in [0, 0.1) is 0 Å². The molecule has 1 N–H and O–H groups in total.